The molecule has 2 aromatic heterocycles. The first kappa shape index (κ1) is 32.1. The second kappa shape index (κ2) is 11.9. The van der Waals surface area contributed by atoms with Gasteiger partial charge in [-0.15, -0.1) is 0 Å². The van der Waals surface area contributed by atoms with Gasteiger partial charge in [0.05, 0.1) is 28.9 Å². The molecule has 5 rings (SSSR count). The monoisotopic (exact) mass is 627 g/mol. The first-order valence-corrected chi connectivity index (χ1v) is 14.8. The average molecular weight is 628 g/mol. The fourth-order valence-corrected chi connectivity index (χ4v) is 7.73. The molecule has 45 heavy (non-hydrogen) atoms. The normalized spacial score (nSPS) is 32.8. The minimum atomic E-state index is -1.75. The molecule has 3 aliphatic rings. The van der Waals surface area contributed by atoms with E-state index in [1.54, 1.807) is 19.9 Å². The highest BCUT2D eigenvalue weighted by atomic mass is 16.6. The second-order valence-corrected chi connectivity index (χ2v) is 12.4. The van der Waals surface area contributed by atoms with Gasteiger partial charge in [0.15, 0.2) is 6.10 Å². The van der Waals surface area contributed by atoms with Crippen LogP contribution < -0.4 is 0 Å². The number of nitrogens with zero attached hydrogens (tertiary/aromatic N) is 1. The van der Waals surface area contributed by atoms with Crippen LogP contribution in [-0.2, 0) is 42.8 Å². The predicted octanol–water partition coefficient (Wildman–Crippen LogP) is 3.45. The highest BCUT2D eigenvalue weighted by Crippen LogP contribution is 2.68. The summed E-state index contributed by atoms with van der Waals surface area (Å²) in [7, 11) is 0. The molecule has 1 saturated heterocycles. The Morgan fingerprint density at radius 1 is 0.889 bits per heavy atom. The lowest BCUT2D eigenvalue weighted by Crippen LogP contribution is -2.79. The molecule has 13 heteroatoms. The largest absolute Gasteiger partial charge is 0.472 e. The number of furan rings is 1. The highest BCUT2D eigenvalue weighted by molar-refractivity contribution is 5.90. The van der Waals surface area contributed by atoms with Crippen molar-refractivity contribution in [3.63, 3.8) is 0 Å². The Kier molecular flexibility index (Phi) is 8.51. The standard InChI is InChI=1S/C32H37NO12/c1-17-9-10-23(43-29(38)22-11-13-39-15-22)31(16-40-18(2)34)27(44-28(37)21-8-7-12-33-14-21)25(41-19(3)35)24-26(42-20(4)36)32(17,31)45-30(24,5)6/h7-8,11-15,17,23-27H,9-10,16H2,1-6H3/t17-,23+,24-,25-,26-,27-,31+,32-/m1/s1. The van der Waals surface area contributed by atoms with Crippen molar-refractivity contribution in [3.05, 3.63) is 54.2 Å². The van der Waals surface area contributed by atoms with Gasteiger partial charge < -0.3 is 32.8 Å². The number of hydrogen-bond acceptors (Lipinski definition) is 13. The van der Waals surface area contributed by atoms with E-state index >= 15 is 0 Å². The topological polar surface area (TPSA) is 167 Å². The maximum Gasteiger partial charge on any atom is 0.341 e. The summed E-state index contributed by atoms with van der Waals surface area (Å²) in [5, 5.41) is 0. The summed E-state index contributed by atoms with van der Waals surface area (Å²) in [4.78, 5) is 69.2. The third-order valence-corrected chi connectivity index (χ3v) is 9.29. The number of fused-ring (bicyclic) bond motifs is 1. The van der Waals surface area contributed by atoms with E-state index in [0.29, 0.717) is 6.42 Å². The van der Waals surface area contributed by atoms with E-state index in [1.165, 1.54) is 57.8 Å². The molecule has 3 fully saturated rings. The van der Waals surface area contributed by atoms with E-state index < -0.39 is 89.3 Å². The summed E-state index contributed by atoms with van der Waals surface area (Å²) in [6, 6.07) is 4.49. The van der Waals surface area contributed by atoms with E-state index in [4.69, 9.17) is 32.8 Å². The lowest BCUT2D eigenvalue weighted by atomic mass is 9.47. The number of pyridine rings is 1. The molecule has 2 saturated carbocycles. The van der Waals surface area contributed by atoms with E-state index in [2.05, 4.69) is 4.98 Å². The van der Waals surface area contributed by atoms with E-state index in [1.807, 2.05) is 6.92 Å². The minimum absolute atomic E-state index is 0.0983. The number of carbonyl (C=O) groups is 5. The van der Waals surface area contributed by atoms with Crippen LogP contribution in [0.1, 0.15) is 75.1 Å². The zero-order chi connectivity index (χ0) is 32.7. The molecular weight excluding hydrogens is 590 g/mol. The molecule has 2 bridgehead atoms. The maximum atomic E-state index is 13.8. The van der Waals surface area contributed by atoms with Gasteiger partial charge in [-0.3, -0.25) is 19.4 Å². The van der Waals surface area contributed by atoms with Gasteiger partial charge in [-0.05, 0) is 50.8 Å². The van der Waals surface area contributed by atoms with Crippen LogP contribution in [0.15, 0.2) is 47.5 Å². The Labute approximate surface area is 259 Å². The Morgan fingerprint density at radius 2 is 1.60 bits per heavy atom. The fraction of sp³-hybridized carbons (Fsp3) is 0.562. The van der Waals surface area contributed by atoms with Crippen molar-refractivity contribution >= 4 is 29.8 Å². The van der Waals surface area contributed by atoms with Crippen LogP contribution in [0.4, 0.5) is 0 Å². The third kappa shape index (κ3) is 5.36. The van der Waals surface area contributed by atoms with Gasteiger partial charge in [0, 0.05) is 33.2 Å². The summed E-state index contributed by atoms with van der Waals surface area (Å²) < 4.78 is 42.3. The van der Waals surface area contributed by atoms with Crippen molar-refractivity contribution in [2.45, 2.75) is 90.0 Å². The van der Waals surface area contributed by atoms with Crippen molar-refractivity contribution in [1.29, 1.82) is 0 Å². The molecule has 242 valence electrons. The molecule has 3 heterocycles. The second-order valence-electron chi connectivity index (χ2n) is 12.4. The number of carbonyl (C=O) groups excluding carboxylic acids is 5. The number of rotatable bonds is 8. The van der Waals surface area contributed by atoms with Gasteiger partial charge in [0.25, 0.3) is 0 Å². The van der Waals surface area contributed by atoms with Gasteiger partial charge in [-0.1, -0.05) is 6.92 Å². The third-order valence-electron chi connectivity index (χ3n) is 9.29. The van der Waals surface area contributed by atoms with Crippen LogP contribution in [0.2, 0.25) is 0 Å². The van der Waals surface area contributed by atoms with Crippen LogP contribution >= 0.6 is 0 Å². The molecule has 0 radical (unpaired) electrons. The first-order chi connectivity index (χ1) is 21.2. The lowest BCUT2D eigenvalue weighted by molar-refractivity contribution is -0.312. The molecule has 0 unspecified atom stereocenters. The van der Waals surface area contributed by atoms with Gasteiger partial charge in [0.2, 0.25) is 0 Å². The lowest BCUT2D eigenvalue weighted by Gasteiger charge is -2.63. The van der Waals surface area contributed by atoms with Gasteiger partial charge in [0.1, 0.15) is 42.2 Å². The smallest absolute Gasteiger partial charge is 0.341 e. The number of ether oxygens (including phenoxy) is 6. The van der Waals surface area contributed by atoms with Gasteiger partial charge >= 0.3 is 29.8 Å². The SMILES string of the molecule is CC(=O)OC[C@@]12[C@@H](OC(=O)c3ccoc3)CC[C@@H](C)[C@]13OC(C)(C)[C@H]([C@@H](OC(C)=O)[C@H]2OC(=O)c1cccnc1)[C@H]3OC(C)=O. The predicted molar refractivity (Wildman–Crippen MR) is 151 cm³/mol. The molecule has 1 aliphatic heterocycles. The van der Waals surface area contributed by atoms with Crippen LogP contribution in [0.3, 0.4) is 0 Å². The Hall–Kier alpha value is -4.26. The van der Waals surface area contributed by atoms with Crippen molar-refractivity contribution in [1.82, 2.24) is 4.98 Å². The Bertz CT molecular complexity index is 1460. The molecule has 0 amide bonds. The minimum Gasteiger partial charge on any atom is -0.472 e. The summed E-state index contributed by atoms with van der Waals surface area (Å²) in [6.45, 7) is 8.55. The summed E-state index contributed by atoms with van der Waals surface area (Å²) in [6.07, 6.45) is 1.01. The molecule has 2 aromatic rings. The zero-order valence-electron chi connectivity index (χ0n) is 26.0. The molecular formula is C32H37NO12. The van der Waals surface area contributed by atoms with Crippen molar-refractivity contribution in [3.8, 4) is 0 Å². The van der Waals surface area contributed by atoms with Crippen molar-refractivity contribution < 1.29 is 56.8 Å². The number of aromatic nitrogens is 1. The summed E-state index contributed by atoms with van der Waals surface area (Å²) >= 11 is 0. The van der Waals surface area contributed by atoms with Crippen molar-refractivity contribution in [2.75, 3.05) is 6.61 Å². The fourth-order valence-electron chi connectivity index (χ4n) is 7.73. The first-order valence-electron chi connectivity index (χ1n) is 14.8. The highest BCUT2D eigenvalue weighted by Gasteiger charge is 2.84. The van der Waals surface area contributed by atoms with Crippen LogP contribution in [0.5, 0.6) is 0 Å². The average Bonchev–Trinajstić information content (AvgIpc) is 3.57. The number of esters is 5. The Balaban J connectivity index is 1.80. The quantitative estimate of drug-likeness (QED) is 0.309. The van der Waals surface area contributed by atoms with Crippen LogP contribution in [-0.4, -0.2) is 77.1 Å². The molecule has 2 aliphatic carbocycles. The van der Waals surface area contributed by atoms with Crippen LogP contribution in [0.25, 0.3) is 0 Å². The van der Waals surface area contributed by atoms with E-state index in [0.717, 1.165) is 0 Å². The van der Waals surface area contributed by atoms with Crippen molar-refractivity contribution in [2.24, 2.45) is 17.3 Å². The number of hydrogen-bond donors (Lipinski definition) is 0. The Morgan fingerprint density at radius 3 is 2.20 bits per heavy atom. The molecule has 0 aromatic carbocycles. The van der Waals surface area contributed by atoms with Crippen LogP contribution in [0, 0.1) is 17.3 Å². The summed E-state index contributed by atoms with van der Waals surface area (Å²) in [5.41, 5.74) is -4.25. The van der Waals surface area contributed by atoms with Gasteiger partial charge in [-0.25, -0.2) is 9.59 Å². The van der Waals surface area contributed by atoms with E-state index in [-0.39, 0.29) is 17.5 Å². The molecule has 1 spiro atoms. The molecule has 8 atom stereocenters. The van der Waals surface area contributed by atoms with Gasteiger partial charge in [-0.2, -0.15) is 0 Å². The summed E-state index contributed by atoms with van der Waals surface area (Å²) in [5.74, 6) is -4.88. The van der Waals surface area contributed by atoms with E-state index in [9.17, 15) is 24.0 Å². The zero-order valence-corrected chi connectivity index (χ0v) is 26.0. The maximum absolute atomic E-state index is 13.8. The molecule has 0 N–H and O–H groups in total. The molecule has 13 nitrogen and oxygen atoms in total.